The summed E-state index contributed by atoms with van der Waals surface area (Å²) in [7, 11) is 0. The first-order chi connectivity index (χ1) is 16.2. The summed E-state index contributed by atoms with van der Waals surface area (Å²) in [6.45, 7) is 0. The molecule has 0 radical (unpaired) electrons. The number of hydrogen-bond acceptors (Lipinski definition) is 3. The van der Waals surface area contributed by atoms with E-state index in [1.165, 1.54) is 17.8 Å². The number of thioether (sulfide) groups is 1. The number of rotatable bonds is 8. The van der Waals surface area contributed by atoms with Gasteiger partial charge in [-0.2, -0.15) is 0 Å². The molecule has 4 aromatic carbocycles. The molecule has 0 bridgehead atoms. The highest BCUT2D eigenvalue weighted by molar-refractivity contribution is 8.00. The van der Waals surface area contributed by atoms with E-state index in [1.807, 2.05) is 97.1 Å². The molecule has 0 saturated carbocycles. The Morgan fingerprint density at radius 3 is 2.12 bits per heavy atom. The van der Waals surface area contributed by atoms with E-state index >= 15 is 0 Å². The van der Waals surface area contributed by atoms with E-state index in [-0.39, 0.29) is 11.7 Å². The van der Waals surface area contributed by atoms with Crippen molar-refractivity contribution >= 4 is 35.2 Å². The molecule has 4 heteroatoms. The minimum Gasteiger partial charge on any atom is -0.322 e. The van der Waals surface area contributed by atoms with Gasteiger partial charge < -0.3 is 5.32 Å². The molecule has 0 atom stereocenters. The molecule has 0 heterocycles. The van der Waals surface area contributed by atoms with Gasteiger partial charge in [-0.05, 0) is 41.0 Å². The van der Waals surface area contributed by atoms with Crippen molar-refractivity contribution in [2.45, 2.75) is 4.90 Å². The van der Waals surface area contributed by atoms with Crippen LogP contribution in [0.5, 0.6) is 0 Å². The second-order valence-electron chi connectivity index (χ2n) is 7.42. The number of hydrogen-bond donors (Lipinski definition) is 1. The van der Waals surface area contributed by atoms with E-state index in [9.17, 15) is 9.59 Å². The van der Waals surface area contributed by atoms with E-state index in [2.05, 4.69) is 17.4 Å². The molecule has 162 valence electrons. The van der Waals surface area contributed by atoms with Crippen molar-refractivity contribution in [3.8, 4) is 11.1 Å². The van der Waals surface area contributed by atoms with Crippen LogP contribution in [0.4, 0.5) is 5.69 Å². The van der Waals surface area contributed by atoms with E-state index in [4.69, 9.17) is 0 Å². The highest BCUT2D eigenvalue weighted by Crippen LogP contribution is 2.24. The molecule has 4 aromatic rings. The van der Waals surface area contributed by atoms with Crippen molar-refractivity contribution in [3.05, 3.63) is 126 Å². The molecule has 1 amide bonds. The third-order valence-electron chi connectivity index (χ3n) is 5.01. The third kappa shape index (κ3) is 6.55. The predicted molar refractivity (Wildman–Crippen MR) is 137 cm³/mol. The maximum absolute atomic E-state index is 12.6. The summed E-state index contributed by atoms with van der Waals surface area (Å²) in [6.07, 6.45) is 3.29. The number of ketones is 1. The Morgan fingerprint density at radius 2 is 1.39 bits per heavy atom. The van der Waals surface area contributed by atoms with Crippen LogP contribution < -0.4 is 5.32 Å². The highest BCUT2D eigenvalue weighted by Gasteiger charge is 2.08. The largest absolute Gasteiger partial charge is 0.322 e. The topological polar surface area (TPSA) is 46.2 Å². The fourth-order valence-corrected chi connectivity index (χ4v) is 4.14. The lowest BCUT2D eigenvalue weighted by molar-refractivity contribution is -0.111. The number of anilines is 1. The number of amides is 1. The van der Waals surface area contributed by atoms with Gasteiger partial charge in [-0.25, -0.2) is 0 Å². The van der Waals surface area contributed by atoms with E-state index in [0.29, 0.717) is 17.0 Å². The molecule has 0 aliphatic rings. The lowest BCUT2D eigenvalue weighted by Crippen LogP contribution is -2.07. The van der Waals surface area contributed by atoms with Crippen LogP contribution in [0.2, 0.25) is 0 Å². The van der Waals surface area contributed by atoms with Gasteiger partial charge in [0.2, 0.25) is 5.91 Å². The zero-order chi connectivity index (χ0) is 22.9. The second kappa shape index (κ2) is 11.1. The maximum atomic E-state index is 12.6. The standard InChI is InChI=1S/C29H23NO2S/c31-28(25-17-15-24(16-18-25)23-10-5-2-6-11-23)21-33-27-13-7-12-26(20-27)30-29(32)19-14-22-8-3-1-4-9-22/h1-20H,21H2,(H,30,32)/b19-14+. The summed E-state index contributed by atoms with van der Waals surface area (Å²) >= 11 is 1.46. The number of Topliss-reactive ketones (excluding diaryl/α,β-unsaturated/α-hetero) is 1. The van der Waals surface area contributed by atoms with Gasteiger partial charge in [-0.3, -0.25) is 9.59 Å². The van der Waals surface area contributed by atoms with Crippen LogP contribution in [0.3, 0.4) is 0 Å². The Bertz CT molecular complexity index is 1250. The molecule has 0 fully saturated rings. The molecule has 33 heavy (non-hydrogen) atoms. The Kier molecular flexibility index (Phi) is 7.52. The van der Waals surface area contributed by atoms with Gasteiger partial charge in [0, 0.05) is 22.2 Å². The van der Waals surface area contributed by atoms with Gasteiger partial charge in [0.25, 0.3) is 0 Å². The Hall–Kier alpha value is -3.89. The minimum absolute atomic E-state index is 0.0693. The predicted octanol–water partition coefficient (Wildman–Crippen LogP) is 6.98. The van der Waals surface area contributed by atoms with Crippen LogP contribution in [0.1, 0.15) is 15.9 Å². The number of carbonyl (C=O) groups is 2. The van der Waals surface area contributed by atoms with Crippen molar-refractivity contribution < 1.29 is 9.59 Å². The molecule has 3 nitrogen and oxygen atoms in total. The van der Waals surface area contributed by atoms with Crippen molar-refractivity contribution in [2.24, 2.45) is 0 Å². The molecular weight excluding hydrogens is 426 g/mol. The molecule has 1 N–H and O–H groups in total. The zero-order valence-electron chi connectivity index (χ0n) is 18.0. The van der Waals surface area contributed by atoms with Gasteiger partial charge in [0.1, 0.15) is 0 Å². The lowest BCUT2D eigenvalue weighted by atomic mass is 10.0. The van der Waals surface area contributed by atoms with Crippen molar-refractivity contribution in [3.63, 3.8) is 0 Å². The number of nitrogens with one attached hydrogen (secondary N) is 1. The maximum Gasteiger partial charge on any atom is 0.248 e. The van der Waals surface area contributed by atoms with E-state index in [0.717, 1.165) is 21.6 Å². The SMILES string of the molecule is O=C(/C=C/c1ccccc1)Nc1cccc(SCC(=O)c2ccc(-c3ccccc3)cc2)c1. The molecule has 0 aromatic heterocycles. The Balaban J connectivity index is 1.32. The summed E-state index contributed by atoms with van der Waals surface area (Å²) in [5.74, 6) is 0.200. The molecule has 0 unspecified atom stereocenters. The zero-order valence-corrected chi connectivity index (χ0v) is 18.8. The first kappa shape index (κ1) is 22.3. The molecular formula is C29H23NO2S. The summed E-state index contributed by atoms with van der Waals surface area (Å²) in [5, 5.41) is 2.87. The summed E-state index contributed by atoms with van der Waals surface area (Å²) in [4.78, 5) is 25.8. The van der Waals surface area contributed by atoms with Gasteiger partial charge in [-0.15, -0.1) is 11.8 Å². The first-order valence-corrected chi connectivity index (χ1v) is 11.6. The van der Waals surface area contributed by atoms with Gasteiger partial charge >= 0.3 is 0 Å². The van der Waals surface area contributed by atoms with Crippen LogP contribution in [0, 0.1) is 0 Å². The van der Waals surface area contributed by atoms with Crippen LogP contribution in [0.15, 0.2) is 120 Å². The number of carbonyl (C=O) groups excluding carboxylic acids is 2. The average molecular weight is 450 g/mol. The van der Waals surface area contributed by atoms with Crippen LogP contribution in [-0.4, -0.2) is 17.4 Å². The quantitative estimate of drug-likeness (QED) is 0.179. The van der Waals surface area contributed by atoms with Crippen LogP contribution in [-0.2, 0) is 4.79 Å². The fourth-order valence-electron chi connectivity index (χ4n) is 3.30. The van der Waals surface area contributed by atoms with Crippen LogP contribution >= 0.6 is 11.8 Å². The summed E-state index contributed by atoms with van der Waals surface area (Å²) < 4.78 is 0. The van der Waals surface area contributed by atoms with Crippen molar-refractivity contribution in [2.75, 3.05) is 11.1 Å². The molecule has 0 saturated heterocycles. The van der Waals surface area contributed by atoms with Gasteiger partial charge in [0.05, 0.1) is 5.75 Å². The first-order valence-electron chi connectivity index (χ1n) is 10.6. The van der Waals surface area contributed by atoms with E-state index in [1.54, 1.807) is 6.08 Å². The third-order valence-corrected chi connectivity index (χ3v) is 6.01. The summed E-state index contributed by atoms with van der Waals surface area (Å²) in [6, 6.07) is 35.0. The highest BCUT2D eigenvalue weighted by atomic mass is 32.2. The second-order valence-corrected chi connectivity index (χ2v) is 8.47. The Morgan fingerprint density at radius 1 is 0.727 bits per heavy atom. The Labute approximate surface area is 198 Å². The number of benzene rings is 4. The normalized spacial score (nSPS) is 10.8. The summed E-state index contributed by atoms with van der Waals surface area (Å²) in [5.41, 5.74) is 4.57. The van der Waals surface area contributed by atoms with Crippen molar-refractivity contribution in [1.82, 2.24) is 0 Å². The minimum atomic E-state index is -0.199. The smallest absolute Gasteiger partial charge is 0.248 e. The van der Waals surface area contributed by atoms with Crippen LogP contribution in [0.25, 0.3) is 17.2 Å². The molecule has 4 rings (SSSR count). The monoisotopic (exact) mass is 449 g/mol. The van der Waals surface area contributed by atoms with Crippen molar-refractivity contribution in [1.29, 1.82) is 0 Å². The molecule has 0 spiro atoms. The van der Waals surface area contributed by atoms with Gasteiger partial charge in [0.15, 0.2) is 5.78 Å². The lowest BCUT2D eigenvalue weighted by Gasteiger charge is -2.07. The average Bonchev–Trinajstić information content (AvgIpc) is 2.87. The van der Waals surface area contributed by atoms with Gasteiger partial charge in [-0.1, -0.05) is 91.0 Å². The van der Waals surface area contributed by atoms with E-state index < -0.39 is 0 Å². The fraction of sp³-hybridized carbons (Fsp3) is 0.0345. The molecule has 0 aliphatic heterocycles. The molecule has 0 aliphatic carbocycles.